The van der Waals surface area contributed by atoms with E-state index in [1.54, 1.807) is 36.8 Å². The van der Waals surface area contributed by atoms with E-state index in [2.05, 4.69) is 0 Å². The van der Waals surface area contributed by atoms with Gasteiger partial charge in [-0.3, -0.25) is 0 Å². The Labute approximate surface area is 117 Å². The van der Waals surface area contributed by atoms with Crippen LogP contribution in [0.25, 0.3) is 0 Å². The number of hydrogen-bond acceptors (Lipinski definition) is 4. The fourth-order valence-electron chi connectivity index (χ4n) is 2.13. The minimum atomic E-state index is -0.0656. The summed E-state index contributed by atoms with van der Waals surface area (Å²) >= 11 is 0. The van der Waals surface area contributed by atoms with Crippen LogP contribution in [-0.2, 0) is 0 Å². The highest BCUT2D eigenvalue weighted by Crippen LogP contribution is 2.35. The Kier molecular flexibility index (Phi) is 4.21. The Hall–Kier alpha value is -2.98. The van der Waals surface area contributed by atoms with E-state index in [4.69, 9.17) is 20.0 Å². The maximum atomic E-state index is 8.70. The summed E-state index contributed by atoms with van der Waals surface area (Å²) in [6, 6.07) is 14.6. The fraction of sp³-hybridized carbons (Fsp3) is 0.125. The summed E-state index contributed by atoms with van der Waals surface area (Å²) in [6.07, 6.45) is 3.37. The number of rotatable bonds is 4. The minimum Gasteiger partial charge on any atom is -0.388 e. The summed E-state index contributed by atoms with van der Waals surface area (Å²) in [4.78, 5) is 0. The second-order valence-corrected chi connectivity index (χ2v) is 4.18. The fourth-order valence-corrected chi connectivity index (χ4v) is 2.13. The van der Waals surface area contributed by atoms with E-state index in [0.717, 1.165) is 11.1 Å². The summed E-state index contributed by atoms with van der Waals surface area (Å²) in [7, 11) is 0. The number of hydrogen-bond donors (Lipinski definition) is 0. The monoisotopic (exact) mass is 264 g/mol. The molecule has 0 radical (unpaired) electrons. The molecule has 2 aromatic rings. The van der Waals surface area contributed by atoms with Gasteiger partial charge in [-0.2, -0.15) is 0 Å². The van der Waals surface area contributed by atoms with E-state index in [9.17, 15) is 0 Å². The van der Waals surface area contributed by atoms with Crippen molar-refractivity contribution in [1.82, 2.24) is 0 Å². The molecule has 4 nitrogen and oxygen atoms in total. The van der Waals surface area contributed by atoms with Gasteiger partial charge >= 0.3 is 0 Å². The molecule has 0 fully saturated rings. The lowest BCUT2D eigenvalue weighted by molar-refractivity contribution is 0.488. The van der Waals surface area contributed by atoms with E-state index >= 15 is 0 Å². The molecule has 0 aliphatic rings. The third-order valence-electron chi connectivity index (χ3n) is 3.08. The molecule has 0 aliphatic heterocycles. The third-order valence-corrected chi connectivity index (χ3v) is 3.08. The molecule has 0 spiro atoms. The lowest BCUT2D eigenvalue weighted by atomic mass is 9.92. The molecule has 0 saturated carbocycles. The molecule has 0 heterocycles. The average Bonchev–Trinajstić information content (AvgIpc) is 2.48. The van der Waals surface area contributed by atoms with Gasteiger partial charge in [0.1, 0.15) is 11.5 Å². The van der Waals surface area contributed by atoms with Gasteiger partial charge in [0.2, 0.25) is 0 Å². The normalized spacial score (nSPS) is 9.60. The van der Waals surface area contributed by atoms with Gasteiger partial charge in [0.15, 0.2) is 0 Å². The predicted octanol–water partition coefficient (Wildman–Crippen LogP) is 3.56. The van der Waals surface area contributed by atoms with E-state index in [1.165, 1.54) is 0 Å². The molecule has 98 valence electrons. The van der Waals surface area contributed by atoms with Gasteiger partial charge in [-0.1, -0.05) is 43.3 Å². The van der Waals surface area contributed by atoms with Crippen molar-refractivity contribution in [3.63, 3.8) is 0 Å². The SMILES string of the molecule is CC(c1ccccc1OC#N)c1ccccc1OC#N. The molecule has 4 heteroatoms. The van der Waals surface area contributed by atoms with Crippen molar-refractivity contribution in [3.05, 3.63) is 59.7 Å². The van der Waals surface area contributed by atoms with Gasteiger partial charge in [-0.05, 0) is 12.1 Å². The smallest absolute Gasteiger partial charge is 0.292 e. The zero-order valence-corrected chi connectivity index (χ0v) is 10.9. The largest absolute Gasteiger partial charge is 0.388 e. The zero-order valence-electron chi connectivity index (χ0n) is 10.9. The highest BCUT2D eigenvalue weighted by molar-refractivity contribution is 5.47. The zero-order chi connectivity index (χ0) is 14.4. The van der Waals surface area contributed by atoms with Crippen LogP contribution in [0.3, 0.4) is 0 Å². The van der Waals surface area contributed by atoms with Gasteiger partial charge in [0.05, 0.1) is 0 Å². The Morgan fingerprint density at radius 3 is 1.60 bits per heavy atom. The van der Waals surface area contributed by atoms with E-state index in [0.29, 0.717) is 11.5 Å². The summed E-state index contributed by atoms with van der Waals surface area (Å²) in [5, 5.41) is 17.4. The van der Waals surface area contributed by atoms with Gasteiger partial charge in [-0.25, -0.2) is 0 Å². The maximum absolute atomic E-state index is 8.70. The molecule has 0 N–H and O–H groups in total. The molecule has 0 amide bonds. The van der Waals surface area contributed by atoms with Crippen molar-refractivity contribution in [2.75, 3.05) is 0 Å². The first-order valence-corrected chi connectivity index (χ1v) is 6.07. The molecular formula is C16H12N2O2. The molecule has 2 rings (SSSR count). The van der Waals surface area contributed by atoms with Crippen molar-refractivity contribution in [3.8, 4) is 24.0 Å². The lowest BCUT2D eigenvalue weighted by Gasteiger charge is -2.16. The molecule has 0 unspecified atom stereocenters. The van der Waals surface area contributed by atoms with Gasteiger partial charge in [0.25, 0.3) is 12.5 Å². The van der Waals surface area contributed by atoms with E-state index in [-0.39, 0.29) is 5.92 Å². The molecule has 0 aliphatic carbocycles. The molecule has 20 heavy (non-hydrogen) atoms. The van der Waals surface area contributed by atoms with Gasteiger partial charge in [-0.15, -0.1) is 10.5 Å². The Bertz CT molecular complexity index is 624. The van der Waals surface area contributed by atoms with Crippen LogP contribution < -0.4 is 9.47 Å². The molecule has 0 saturated heterocycles. The number of para-hydroxylation sites is 2. The number of ether oxygens (including phenoxy) is 2. The topological polar surface area (TPSA) is 66.0 Å². The first-order valence-electron chi connectivity index (χ1n) is 6.07. The van der Waals surface area contributed by atoms with Crippen LogP contribution in [0.5, 0.6) is 11.5 Å². The summed E-state index contributed by atoms with van der Waals surface area (Å²) in [6.45, 7) is 1.97. The van der Waals surface area contributed by atoms with Crippen LogP contribution in [0.15, 0.2) is 48.5 Å². The predicted molar refractivity (Wildman–Crippen MR) is 72.9 cm³/mol. The van der Waals surface area contributed by atoms with Crippen LogP contribution in [0, 0.1) is 23.0 Å². The highest BCUT2D eigenvalue weighted by atomic mass is 16.5. The van der Waals surface area contributed by atoms with Crippen molar-refractivity contribution >= 4 is 0 Å². The lowest BCUT2D eigenvalue weighted by Crippen LogP contribution is -2.01. The van der Waals surface area contributed by atoms with Crippen LogP contribution in [-0.4, -0.2) is 0 Å². The Morgan fingerprint density at radius 1 is 0.800 bits per heavy atom. The Morgan fingerprint density at radius 2 is 1.20 bits per heavy atom. The summed E-state index contributed by atoms with van der Waals surface area (Å²) in [5.74, 6) is 0.952. The maximum Gasteiger partial charge on any atom is 0.292 e. The first kappa shape index (κ1) is 13.5. The molecular weight excluding hydrogens is 252 g/mol. The van der Waals surface area contributed by atoms with Gasteiger partial charge in [0, 0.05) is 17.0 Å². The minimum absolute atomic E-state index is 0.0656. The van der Waals surface area contributed by atoms with E-state index < -0.39 is 0 Å². The van der Waals surface area contributed by atoms with Crippen molar-refractivity contribution in [2.24, 2.45) is 0 Å². The quantitative estimate of drug-likeness (QED) is 0.792. The van der Waals surface area contributed by atoms with Crippen molar-refractivity contribution in [1.29, 1.82) is 10.5 Å². The van der Waals surface area contributed by atoms with E-state index in [1.807, 2.05) is 31.2 Å². The van der Waals surface area contributed by atoms with Crippen LogP contribution in [0.1, 0.15) is 24.0 Å². The molecule has 2 aromatic carbocycles. The molecule has 0 bridgehead atoms. The van der Waals surface area contributed by atoms with Crippen molar-refractivity contribution in [2.45, 2.75) is 12.8 Å². The second-order valence-electron chi connectivity index (χ2n) is 4.18. The van der Waals surface area contributed by atoms with Crippen LogP contribution >= 0.6 is 0 Å². The van der Waals surface area contributed by atoms with Crippen molar-refractivity contribution < 1.29 is 9.47 Å². The number of nitriles is 2. The molecule has 0 atom stereocenters. The molecule has 0 aromatic heterocycles. The summed E-state index contributed by atoms with van der Waals surface area (Å²) in [5.41, 5.74) is 1.73. The van der Waals surface area contributed by atoms with Gasteiger partial charge < -0.3 is 9.47 Å². The number of nitrogens with zero attached hydrogens (tertiary/aromatic N) is 2. The first-order chi connectivity index (χ1) is 9.77. The second kappa shape index (κ2) is 6.26. The van der Waals surface area contributed by atoms with Crippen LogP contribution in [0.4, 0.5) is 0 Å². The highest BCUT2D eigenvalue weighted by Gasteiger charge is 2.17. The standard InChI is InChI=1S/C16H12N2O2/c1-12(13-6-2-4-8-15(13)19-10-17)14-7-3-5-9-16(14)20-11-18/h2-9,12H,1H3. The average molecular weight is 264 g/mol. The third kappa shape index (κ3) is 2.71. The Balaban J connectivity index is 2.45. The summed E-state index contributed by atoms with van der Waals surface area (Å²) < 4.78 is 9.96. The van der Waals surface area contributed by atoms with Crippen LogP contribution in [0.2, 0.25) is 0 Å². The number of benzene rings is 2.